The van der Waals surface area contributed by atoms with E-state index in [-0.39, 0.29) is 5.91 Å². The highest BCUT2D eigenvalue weighted by Crippen LogP contribution is 2.27. The standard InChI is InChI=1S/C14H14BrN3O2/c1-8-5-9(6-13(16)17-8)14(19)18-12-7-10(20-2)3-4-11(12)15/h3-7H,1-2H3,(H2,16,17)(H,18,19). The number of aryl methyl sites for hydroxylation is 1. The van der Waals surface area contributed by atoms with Gasteiger partial charge in [0.15, 0.2) is 0 Å². The first-order valence-corrected chi connectivity index (χ1v) is 6.68. The number of hydrogen-bond donors (Lipinski definition) is 2. The zero-order valence-corrected chi connectivity index (χ0v) is 12.7. The number of nitrogens with zero attached hydrogens (tertiary/aromatic N) is 1. The first kappa shape index (κ1) is 14.3. The first-order chi connectivity index (χ1) is 9.49. The minimum absolute atomic E-state index is 0.254. The Hall–Kier alpha value is -2.08. The summed E-state index contributed by atoms with van der Waals surface area (Å²) in [4.78, 5) is 16.3. The Labute approximate surface area is 125 Å². The summed E-state index contributed by atoms with van der Waals surface area (Å²) >= 11 is 3.38. The number of halogens is 1. The van der Waals surface area contributed by atoms with Gasteiger partial charge in [0.2, 0.25) is 0 Å². The molecule has 1 aromatic carbocycles. The number of nitrogens with one attached hydrogen (secondary N) is 1. The molecule has 0 aliphatic heterocycles. The van der Waals surface area contributed by atoms with E-state index in [0.29, 0.717) is 28.5 Å². The molecule has 0 aliphatic carbocycles. The molecule has 0 bridgehead atoms. The van der Waals surface area contributed by atoms with Gasteiger partial charge in [-0.1, -0.05) is 0 Å². The summed E-state index contributed by atoms with van der Waals surface area (Å²) in [7, 11) is 1.57. The molecule has 0 unspecified atom stereocenters. The van der Waals surface area contributed by atoms with Gasteiger partial charge in [-0.05, 0) is 47.1 Å². The number of nitrogens with two attached hydrogens (primary N) is 1. The lowest BCUT2D eigenvalue weighted by atomic mass is 10.2. The SMILES string of the molecule is COc1ccc(Br)c(NC(=O)c2cc(C)nc(N)c2)c1. The second-order valence-corrected chi connectivity index (χ2v) is 5.08. The maximum Gasteiger partial charge on any atom is 0.255 e. The molecule has 0 radical (unpaired) electrons. The Balaban J connectivity index is 2.27. The van der Waals surface area contributed by atoms with Crippen LogP contribution in [0.15, 0.2) is 34.8 Å². The van der Waals surface area contributed by atoms with E-state index in [2.05, 4.69) is 26.2 Å². The van der Waals surface area contributed by atoms with E-state index >= 15 is 0 Å². The first-order valence-electron chi connectivity index (χ1n) is 5.88. The number of methoxy groups -OCH3 is 1. The molecule has 0 atom stereocenters. The second-order valence-electron chi connectivity index (χ2n) is 4.22. The van der Waals surface area contributed by atoms with Gasteiger partial charge < -0.3 is 15.8 Å². The molecule has 1 amide bonds. The fourth-order valence-electron chi connectivity index (χ4n) is 1.75. The fraction of sp³-hybridized carbons (Fsp3) is 0.143. The van der Waals surface area contributed by atoms with E-state index in [1.807, 2.05) is 0 Å². The Kier molecular flexibility index (Phi) is 4.24. The minimum Gasteiger partial charge on any atom is -0.497 e. The van der Waals surface area contributed by atoms with Crippen LogP contribution in [-0.2, 0) is 0 Å². The predicted molar refractivity (Wildman–Crippen MR) is 82.0 cm³/mol. The normalized spacial score (nSPS) is 10.2. The van der Waals surface area contributed by atoms with Gasteiger partial charge >= 0.3 is 0 Å². The Morgan fingerprint density at radius 3 is 2.75 bits per heavy atom. The zero-order chi connectivity index (χ0) is 14.7. The van der Waals surface area contributed by atoms with Crippen molar-refractivity contribution in [1.29, 1.82) is 0 Å². The average molecular weight is 336 g/mol. The molecule has 6 heteroatoms. The lowest BCUT2D eigenvalue weighted by molar-refractivity contribution is 0.102. The molecule has 0 saturated heterocycles. The van der Waals surface area contributed by atoms with E-state index in [1.54, 1.807) is 38.3 Å². The van der Waals surface area contributed by atoms with Crippen LogP contribution in [0.4, 0.5) is 11.5 Å². The third-order valence-electron chi connectivity index (χ3n) is 2.66. The number of aromatic nitrogens is 1. The van der Waals surface area contributed by atoms with Crippen LogP contribution >= 0.6 is 15.9 Å². The summed E-state index contributed by atoms with van der Waals surface area (Å²) in [6, 6.07) is 8.56. The van der Waals surface area contributed by atoms with Crippen LogP contribution in [0.1, 0.15) is 16.1 Å². The quantitative estimate of drug-likeness (QED) is 0.903. The van der Waals surface area contributed by atoms with Gasteiger partial charge in [0.25, 0.3) is 5.91 Å². The van der Waals surface area contributed by atoms with Crippen LogP contribution in [0, 0.1) is 6.92 Å². The van der Waals surface area contributed by atoms with Crippen molar-refractivity contribution in [1.82, 2.24) is 4.98 Å². The highest BCUT2D eigenvalue weighted by atomic mass is 79.9. The summed E-state index contributed by atoms with van der Waals surface area (Å²) in [5, 5.41) is 2.81. The number of hydrogen-bond acceptors (Lipinski definition) is 4. The smallest absolute Gasteiger partial charge is 0.255 e. The molecular formula is C14H14BrN3O2. The minimum atomic E-state index is -0.254. The molecule has 20 heavy (non-hydrogen) atoms. The third-order valence-corrected chi connectivity index (χ3v) is 3.35. The van der Waals surface area contributed by atoms with Gasteiger partial charge in [0.05, 0.1) is 12.8 Å². The van der Waals surface area contributed by atoms with E-state index in [9.17, 15) is 4.79 Å². The number of nitrogen functional groups attached to an aromatic ring is 1. The van der Waals surface area contributed by atoms with Gasteiger partial charge in [-0.25, -0.2) is 4.98 Å². The van der Waals surface area contributed by atoms with Crippen molar-refractivity contribution in [3.63, 3.8) is 0 Å². The molecule has 5 nitrogen and oxygen atoms in total. The molecule has 3 N–H and O–H groups in total. The van der Waals surface area contributed by atoms with E-state index in [4.69, 9.17) is 10.5 Å². The van der Waals surface area contributed by atoms with Crippen molar-refractivity contribution in [2.45, 2.75) is 6.92 Å². The Morgan fingerprint density at radius 2 is 2.10 bits per heavy atom. The molecule has 0 spiro atoms. The lowest BCUT2D eigenvalue weighted by Gasteiger charge is -2.10. The Morgan fingerprint density at radius 1 is 1.35 bits per heavy atom. The van der Waals surface area contributed by atoms with Crippen LogP contribution in [-0.4, -0.2) is 18.0 Å². The number of carbonyl (C=O) groups is 1. The van der Waals surface area contributed by atoms with Gasteiger partial charge in [-0.15, -0.1) is 0 Å². The predicted octanol–water partition coefficient (Wildman–Crippen LogP) is 3.00. The molecule has 2 rings (SSSR count). The summed E-state index contributed by atoms with van der Waals surface area (Å²) < 4.78 is 5.90. The fourth-order valence-corrected chi connectivity index (χ4v) is 2.09. The van der Waals surface area contributed by atoms with Gasteiger partial charge in [-0.3, -0.25) is 4.79 Å². The number of benzene rings is 1. The summed E-state index contributed by atoms with van der Waals surface area (Å²) in [5.74, 6) is 0.727. The number of amides is 1. The lowest BCUT2D eigenvalue weighted by Crippen LogP contribution is -2.13. The van der Waals surface area contributed by atoms with Gasteiger partial charge in [0, 0.05) is 21.8 Å². The van der Waals surface area contributed by atoms with E-state index < -0.39 is 0 Å². The zero-order valence-electron chi connectivity index (χ0n) is 11.1. The third kappa shape index (κ3) is 3.27. The highest BCUT2D eigenvalue weighted by molar-refractivity contribution is 9.10. The van der Waals surface area contributed by atoms with Crippen molar-refractivity contribution < 1.29 is 9.53 Å². The van der Waals surface area contributed by atoms with Crippen LogP contribution in [0.3, 0.4) is 0 Å². The molecule has 2 aromatic rings. The molecule has 0 saturated carbocycles. The maximum atomic E-state index is 12.2. The topological polar surface area (TPSA) is 77.2 Å². The van der Waals surface area contributed by atoms with Crippen molar-refractivity contribution >= 4 is 33.3 Å². The maximum absolute atomic E-state index is 12.2. The number of rotatable bonds is 3. The van der Waals surface area contributed by atoms with Crippen molar-refractivity contribution in [3.8, 4) is 5.75 Å². The molecule has 1 aromatic heterocycles. The largest absolute Gasteiger partial charge is 0.497 e. The van der Waals surface area contributed by atoms with Crippen LogP contribution in [0.2, 0.25) is 0 Å². The summed E-state index contributed by atoms with van der Waals surface area (Å²) in [6.45, 7) is 1.79. The monoisotopic (exact) mass is 335 g/mol. The van der Waals surface area contributed by atoms with Crippen molar-refractivity contribution in [2.75, 3.05) is 18.2 Å². The van der Waals surface area contributed by atoms with Gasteiger partial charge in [0.1, 0.15) is 11.6 Å². The van der Waals surface area contributed by atoms with E-state index in [1.165, 1.54) is 6.07 Å². The van der Waals surface area contributed by atoms with Crippen molar-refractivity contribution in [3.05, 3.63) is 46.1 Å². The molecular weight excluding hydrogens is 322 g/mol. The Bertz CT molecular complexity index is 639. The molecule has 0 fully saturated rings. The average Bonchev–Trinajstić information content (AvgIpc) is 2.40. The molecule has 1 heterocycles. The van der Waals surface area contributed by atoms with Crippen LogP contribution < -0.4 is 15.8 Å². The van der Waals surface area contributed by atoms with Crippen molar-refractivity contribution in [2.24, 2.45) is 0 Å². The number of carbonyl (C=O) groups excluding carboxylic acids is 1. The number of ether oxygens (including phenoxy) is 1. The van der Waals surface area contributed by atoms with Crippen LogP contribution in [0.5, 0.6) is 5.75 Å². The highest BCUT2D eigenvalue weighted by Gasteiger charge is 2.10. The molecule has 104 valence electrons. The van der Waals surface area contributed by atoms with E-state index in [0.717, 1.165) is 4.47 Å². The second kappa shape index (κ2) is 5.92. The molecule has 0 aliphatic rings. The summed E-state index contributed by atoms with van der Waals surface area (Å²) in [6.07, 6.45) is 0. The number of pyridine rings is 1. The number of anilines is 2. The van der Waals surface area contributed by atoms with Crippen LogP contribution in [0.25, 0.3) is 0 Å². The van der Waals surface area contributed by atoms with Gasteiger partial charge in [-0.2, -0.15) is 0 Å². The summed E-state index contributed by atoms with van der Waals surface area (Å²) in [5.41, 5.74) is 7.43.